The Morgan fingerprint density at radius 3 is 2.12 bits per heavy atom. The standard InChI is InChI=1S/C14H14N2S/c1-15-8-3-5-12(15)11-7-10-17-14(11)13-6-4-9-16(13)2/h3-10H,1-2H3. The molecule has 0 aromatic carbocycles. The van der Waals surface area contributed by atoms with E-state index in [1.807, 2.05) is 0 Å². The van der Waals surface area contributed by atoms with Gasteiger partial charge in [0.25, 0.3) is 0 Å². The maximum Gasteiger partial charge on any atom is 0.0600 e. The van der Waals surface area contributed by atoms with Crippen LogP contribution in [0.3, 0.4) is 0 Å². The zero-order valence-electron chi connectivity index (χ0n) is 9.92. The van der Waals surface area contributed by atoms with Crippen molar-refractivity contribution in [1.82, 2.24) is 9.13 Å². The summed E-state index contributed by atoms with van der Waals surface area (Å²) < 4.78 is 4.33. The van der Waals surface area contributed by atoms with E-state index in [4.69, 9.17) is 0 Å². The summed E-state index contributed by atoms with van der Waals surface area (Å²) in [6.45, 7) is 0. The molecule has 0 saturated carbocycles. The van der Waals surface area contributed by atoms with Gasteiger partial charge in [0, 0.05) is 37.7 Å². The summed E-state index contributed by atoms with van der Waals surface area (Å²) in [5.74, 6) is 0. The molecule has 3 heterocycles. The van der Waals surface area contributed by atoms with Gasteiger partial charge in [-0.2, -0.15) is 0 Å². The Kier molecular flexibility index (Phi) is 2.41. The third-order valence-corrected chi connectivity index (χ3v) is 4.00. The molecule has 0 amide bonds. The van der Waals surface area contributed by atoms with E-state index in [-0.39, 0.29) is 0 Å². The largest absolute Gasteiger partial charge is 0.351 e. The summed E-state index contributed by atoms with van der Waals surface area (Å²) >= 11 is 1.79. The van der Waals surface area contributed by atoms with Crippen LogP contribution in [-0.4, -0.2) is 9.13 Å². The fraction of sp³-hybridized carbons (Fsp3) is 0.143. The van der Waals surface area contributed by atoms with E-state index in [1.165, 1.54) is 21.8 Å². The third-order valence-electron chi connectivity index (χ3n) is 3.06. The lowest BCUT2D eigenvalue weighted by molar-refractivity contribution is 0.931. The van der Waals surface area contributed by atoms with Crippen LogP contribution in [0.4, 0.5) is 0 Å². The zero-order valence-corrected chi connectivity index (χ0v) is 10.7. The normalized spacial score (nSPS) is 10.9. The van der Waals surface area contributed by atoms with E-state index in [1.54, 1.807) is 11.3 Å². The molecule has 0 aliphatic rings. The summed E-state index contributed by atoms with van der Waals surface area (Å²) in [6, 6.07) is 10.7. The predicted octanol–water partition coefficient (Wildman–Crippen LogP) is 3.76. The average molecular weight is 242 g/mol. The van der Waals surface area contributed by atoms with Crippen LogP contribution in [0.2, 0.25) is 0 Å². The zero-order chi connectivity index (χ0) is 11.8. The molecular formula is C14H14N2S. The van der Waals surface area contributed by atoms with E-state index < -0.39 is 0 Å². The van der Waals surface area contributed by atoms with E-state index in [0.29, 0.717) is 0 Å². The third kappa shape index (κ3) is 1.63. The fourth-order valence-corrected chi connectivity index (χ4v) is 3.12. The first-order valence-corrected chi connectivity index (χ1v) is 6.46. The molecule has 0 N–H and O–H groups in total. The van der Waals surface area contributed by atoms with Gasteiger partial charge in [0.1, 0.15) is 0 Å². The second-order valence-electron chi connectivity index (χ2n) is 4.17. The van der Waals surface area contributed by atoms with Gasteiger partial charge >= 0.3 is 0 Å². The molecule has 0 spiro atoms. The second kappa shape index (κ2) is 3.93. The Morgan fingerprint density at radius 1 is 0.882 bits per heavy atom. The molecular weight excluding hydrogens is 228 g/mol. The van der Waals surface area contributed by atoms with Gasteiger partial charge in [-0.25, -0.2) is 0 Å². The van der Waals surface area contributed by atoms with Crippen LogP contribution in [0.5, 0.6) is 0 Å². The lowest BCUT2D eigenvalue weighted by atomic mass is 10.1. The summed E-state index contributed by atoms with van der Waals surface area (Å²) in [5, 5.41) is 2.16. The molecule has 0 saturated heterocycles. The van der Waals surface area contributed by atoms with Crippen LogP contribution in [0.15, 0.2) is 48.1 Å². The molecule has 0 fully saturated rings. The van der Waals surface area contributed by atoms with E-state index in [0.717, 1.165) is 0 Å². The molecule has 3 aromatic heterocycles. The lowest BCUT2D eigenvalue weighted by Crippen LogP contribution is -1.92. The van der Waals surface area contributed by atoms with E-state index >= 15 is 0 Å². The summed E-state index contributed by atoms with van der Waals surface area (Å²) in [4.78, 5) is 1.33. The Balaban J connectivity index is 2.19. The average Bonchev–Trinajstić information content (AvgIpc) is 2.97. The molecule has 0 aliphatic carbocycles. The van der Waals surface area contributed by atoms with Crippen molar-refractivity contribution in [3.8, 4) is 21.8 Å². The van der Waals surface area contributed by atoms with Crippen LogP contribution >= 0.6 is 11.3 Å². The molecule has 86 valence electrons. The van der Waals surface area contributed by atoms with Gasteiger partial charge in [0.15, 0.2) is 0 Å². The molecule has 0 atom stereocenters. The number of thiophene rings is 1. The minimum atomic E-state index is 1.27. The number of nitrogens with zero attached hydrogens (tertiary/aromatic N) is 2. The van der Waals surface area contributed by atoms with Gasteiger partial charge in [-0.05, 0) is 35.7 Å². The predicted molar refractivity (Wildman–Crippen MR) is 73.1 cm³/mol. The van der Waals surface area contributed by atoms with E-state index in [2.05, 4.69) is 71.3 Å². The summed E-state index contributed by atoms with van der Waals surface area (Å²) in [7, 11) is 4.17. The number of rotatable bonds is 2. The van der Waals surface area contributed by atoms with Gasteiger partial charge < -0.3 is 9.13 Å². The van der Waals surface area contributed by atoms with Gasteiger partial charge in [0.2, 0.25) is 0 Å². The van der Waals surface area contributed by atoms with Crippen LogP contribution in [0.1, 0.15) is 0 Å². The van der Waals surface area contributed by atoms with Crippen LogP contribution in [-0.2, 0) is 14.1 Å². The van der Waals surface area contributed by atoms with Crippen molar-refractivity contribution in [1.29, 1.82) is 0 Å². The van der Waals surface area contributed by atoms with Crippen LogP contribution < -0.4 is 0 Å². The van der Waals surface area contributed by atoms with Gasteiger partial charge in [-0.1, -0.05) is 0 Å². The number of aryl methyl sites for hydroxylation is 2. The van der Waals surface area contributed by atoms with Gasteiger partial charge in [0.05, 0.1) is 10.6 Å². The van der Waals surface area contributed by atoms with Crippen molar-refractivity contribution in [3.63, 3.8) is 0 Å². The monoisotopic (exact) mass is 242 g/mol. The molecule has 17 heavy (non-hydrogen) atoms. The quantitative estimate of drug-likeness (QED) is 0.647. The SMILES string of the molecule is Cn1cccc1-c1ccsc1-c1cccn1C. The first-order valence-electron chi connectivity index (χ1n) is 5.58. The maximum atomic E-state index is 2.20. The second-order valence-corrected chi connectivity index (χ2v) is 5.09. The highest BCUT2D eigenvalue weighted by atomic mass is 32.1. The molecule has 0 aliphatic heterocycles. The van der Waals surface area contributed by atoms with Crippen molar-refractivity contribution in [3.05, 3.63) is 48.1 Å². The molecule has 0 radical (unpaired) electrons. The highest BCUT2D eigenvalue weighted by molar-refractivity contribution is 7.14. The van der Waals surface area contributed by atoms with Crippen LogP contribution in [0, 0.1) is 0 Å². The number of hydrogen-bond donors (Lipinski definition) is 0. The molecule has 3 rings (SSSR count). The van der Waals surface area contributed by atoms with Crippen molar-refractivity contribution in [2.75, 3.05) is 0 Å². The summed E-state index contributed by atoms with van der Waals surface area (Å²) in [5.41, 5.74) is 3.85. The highest BCUT2D eigenvalue weighted by Crippen LogP contribution is 2.36. The minimum absolute atomic E-state index is 1.27. The van der Waals surface area contributed by atoms with Crippen molar-refractivity contribution in [2.24, 2.45) is 14.1 Å². The molecule has 0 unspecified atom stereocenters. The van der Waals surface area contributed by atoms with Crippen LogP contribution in [0.25, 0.3) is 21.8 Å². The fourth-order valence-electron chi connectivity index (χ4n) is 2.15. The number of hydrogen-bond acceptors (Lipinski definition) is 1. The van der Waals surface area contributed by atoms with Crippen molar-refractivity contribution in [2.45, 2.75) is 0 Å². The molecule has 3 heteroatoms. The molecule has 2 nitrogen and oxygen atoms in total. The van der Waals surface area contributed by atoms with Gasteiger partial charge in [-0.15, -0.1) is 11.3 Å². The topological polar surface area (TPSA) is 9.86 Å². The smallest absolute Gasteiger partial charge is 0.0600 e. The van der Waals surface area contributed by atoms with E-state index in [9.17, 15) is 0 Å². The molecule has 0 bridgehead atoms. The first-order chi connectivity index (χ1) is 8.27. The summed E-state index contributed by atoms with van der Waals surface area (Å²) in [6.07, 6.45) is 4.17. The minimum Gasteiger partial charge on any atom is -0.351 e. The molecule has 3 aromatic rings. The highest BCUT2D eigenvalue weighted by Gasteiger charge is 2.12. The van der Waals surface area contributed by atoms with Crippen molar-refractivity contribution < 1.29 is 0 Å². The Hall–Kier alpha value is -1.74. The number of aromatic nitrogens is 2. The Morgan fingerprint density at radius 2 is 1.53 bits per heavy atom. The van der Waals surface area contributed by atoms with Gasteiger partial charge in [-0.3, -0.25) is 0 Å². The Bertz CT molecular complexity index is 588. The van der Waals surface area contributed by atoms with Crippen molar-refractivity contribution >= 4 is 11.3 Å². The maximum absolute atomic E-state index is 2.20. The Labute approximate surface area is 105 Å². The first kappa shape index (κ1) is 10.4. The lowest BCUT2D eigenvalue weighted by Gasteiger charge is -2.06.